The molecule has 1 heterocycles. The summed E-state index contributed by atoms with van der Waals surface area (Å²) in [5, 5.41) is 10.3. The first-order chi connectivity index (χ1) is 12.3. The van der Waals surface area contributed by atoms with E-state index in [0.29, 0.717) is 27.8 Å². The molecule has 9 heteroatoms. The molecule has 138 valence electrons. The average Bonchev–Trinajstić information content (AvgIpc) is 2.85. The van der Waals surface area contributed by atoms with Crippen molar-refractivity contribution in [3.63, 3.8) is 0 Å². The lowest BCUT2D eigenvalue weighted by Crippen LogP contribution is -2.41. The fourth-order valence-corrected chi connectivity index (χ4v) is 4.96. The predicted octanol–water partition coefficient (Wildman–Crippen LogP) is 1.91. The third-order valence-corrected chi connectivity index (χ3v) is 6.54. The van der Waals surface area contributed by atoms with E-state index < -0.39 is 22.0 Å². The number of rotatable bonds is 7. The number of carbonyl (C=O) groups excluding carboxylic acids is 1. The molecule has 1 aliphatic heterocycles. The van der Waals surface area contributed by atoms with Crippen LogP contribution in [0.1, 0.15) is 16.8 Å². The number of aliphatic carboxylic acids is 1. The summed E-state index contributed by atoms with van der Waals surface area (Å²) in [5.74, 6) is -0.900. The minimum atomic E-state index is -4.07. The van der Waals surface area contributed by atoms with Gasteiger partial charge in [0.1, 0.15) is 6.04 Å². The summed E-state index contributed by atoms with van der Waals surface area (Å²) in [5.41, 5.74) is 1.07. The zero-order chi connectivity index (χ0) is 19.1. The molecule has 2 aromatic carbocycles. The van der Waals surface area contributed by atoms with Gasteiger partial charge in [-0.2, -0.15) is 16.5 Å². The van der Waals surface area contributed by atoms with Crippen molar-refractivity contribution in [2.75, 3.05) is 24.0 Å². The van der Waals surface area contributed by atoms with Gasteiger partial charge in [0.25, 0.3) is 5.91 Å². The second-order valence-electron chi connectivity index (χ2n) is 5.97. The average molecular weight is 394 g/mol. The van der Waals surface area contributed by atoms with Crippen molar-refractivity contribution in [3.8, 4) is 0 Å². The number of carboxylic acid groups (broad SMARTS) is 1. The van der Waals surface area contributed by atoms with Crippen molar-refractivity contribution >= 4 is 50.1 Å². The fraction of sp³-hybridized carbons (Fsp3) is 0.294. The van der Waals surface area contributed by atoms with Crippen LogP contribution in [0.25, 0.3) is 10.8 Å². The number of amides is 1. The van der Waals surface area contributed by atoms with Crippen LogP contribution >= 0.6 is 11.8 Å². The molecule has 0 spiro atoms. The van der Waals surface area contributed by atoms with E-state index in [4.69, 9.17) is 0 Å². The van der Waals surface area contributed by atoms with E-state index in [9.17, 15) is 23.1 Å². The lowest BCUT2D eigenvalue weighted by atomic mass is 10.1. The number of hydrogen-bond acceptors (Lipinski definition) is 5. The smallest absolute Gasteiger partial charge is 0.321 e. The van der Waals surface area contributed by atoms with Crippen molar-refractivity contribution in [1.29, 1.82) is 0 Å². The van der Waals surface area contributed by atoms with Gasteiger partial charge >= 0.3 is 5.97 Å². The molecular weight excluding hydrogens is 376 g/mol. The molecule has 1 unspecified atom stereocenters. The van der Waals surface area contributed by atoms with Crippen LogP contribution in [0.15, 0.2) is 35.2 Å². The zero-order valence-corrected chi connectivity index (χ0v) is 15.9. The molecule has 0 fully saturated rings. The van der Waals surface area contributed by atoms with Gasteiger partial charge in [-0.25, -0.2) is 8.42 Å². The highest BCUT2D eigenvalue weighted by molar-refractivity contribution is 7.98. The van der Waals surface area contributed by atoms with Crippen LogP contribution in [0.4, 0.5) is 5.69 Å². The minimum Gasteiger partial charge on any atom is -0.480 e. The van der Waals surface area contributed by atoms with E-state index in [1.807, 2.05) is 6.26 Å². The van der Waals surface area contributed by atoms with Gasteiger partial charge in [-0.3, -0.25) is 9.59 Å². The maximum Gasteiger partial charge on any atom is 0.321 e. The van der Waals surface area contributed by atoms with Crippen LogP contribution in [0.3, 0.4) is 0 Å². The molecule has 0 aliphatic carbocycles. The molecule has 3 rings (SSSR count). The maximum absolute atomic E-state index is 12.9. The third-order valence-electron chi connectivity index (χ3n) is 4.37. The first-order valence-electron chi connectivity index (χ1n) is 7.86. The molecule has 1 amide bonds. The number of nitrogens with one attached hydrogen (secondary N) is 1. The van der Waals surface area contributed by atoms with E-state index >= 15 is 0 Å². The number of carbonyl (C=O) groups is 2. The van der Waals surface area contributed by atoms with Gasteiger partial charge in [0.15, 0.2) is 0 Å². The van der Waals surface area contributed by atoms with Crippen molar-refractivity contribution in [2.45, 2.75) is 17.4 Å². The Morgan fingerprint density at radius 2 is 2.04 bits per heavy atom. The quantitative estimate of drug-likeness (QED) is 0.744. The summed E-state index contributed by atoms with van der Waals surface area (Å²) >= 11 is 1.44. The van der Waals surface area contributed by atoms with Gasteiger partial charge in [-0.15, -0.1) is 0 Å². The fourth-order valence-electron chi connectivity index (χ4n) is 3.06. The second kappa shape index (κ2) is 6.90. The van der Waals surface area contributed by atoms with E-state index in [0.717, 1.165) is 0 Å². The number of benzene rings is 2. The highest BCUT2D eigenvalue weighted by Gasteiger charge is 2.31. The van der Waals surface area contributed by atoms with E-state index in [1.54, 1.807) is 31.3 Å². The summed E-state index contributed by atoms with van der Waals surface area (Å²) in [4.78, 5) is 25.1. The van der Waals surface area contributed by atoms with Gasteiger partial charge in [0.05, 0.1) is 10.6 Å². The van der Waals surface area contributed by atoms with Gasteiger partial charge < -0.3 is 10.0 Å². The van der Waals surface area contributed by atoms with Crippen LogP contribution in [0, 0.1) is 0 Å². The summed E-state index contributed by atoms with van der Waals surface area (Å²) in [6, 6.07) is 6.68. The summed E-state index contributed by atoms with van der Waals surface area (Å²) < 4.78 is 28.0. The van der Waals surface area contributed by atoms with Crippen LogP contribution in [0.2, 0.25) is 0 Å². The van der Waals surface area contributed by atoms with Crippen molar-refractivity contribution in [2.24, 2.45) is 0 Å². The molecule has 0 saturated carbocycles. The first kappa shape index (κ1) is 18.7. The van der Waals surface area contributed by atoms with Gasteiger partial charge in [0.2, 0.25) is 10.0 Å². The molecule has 2 N–H and O–H groups in total. The number of anilines is 1. The van der Waals surface area contributed by atoms with Crippen LogP contribution in [-0.4, -0.2) is 50.5 Å². The zero-order valence-electron chi connectivity index (χ0n) is 14.2. The Kier molecular flexibility index (Phi) is 4.96. The van der Waals surface area contributed by atoms with Crippen molar-refractivity contribution in [3.05, 3.63) is 35.9 Å². The Morgan fingerprint density at radius 1 is 1.31 bits per heavy atom. The molecule has 0 aromatic heterocycles. The Labute approximate surface area is 155 Å². The third kappa shape index (κ3) is 3.06. The number of nitrogens with zero attached hydrogens (tertiary/aromatic N) is 1. The molecule has 1 aliphatic rings. The lowest BCUT2D eigenvalue weighted by molar-refractivity contribution is -0.139. The van der Waals surface area contributed by atoms with Crippen LogP contribution in [-0.2, 0) is 14.8 Å². The van der Waals surface area contributed by atoms with E-state index in [-0.39, 0.29) is 17.2 Å². The Balaban J connectivity index is 2.08. The summed E-state index contributed by atoms with van der Waals surface area (Å²) in [6.07, 6.45) is 2.00. The second-order valence-corrected chi connectivity index (χ2v) is 8.64. The first-order valence-corrected chi connectivity index (χ1v) is 10.7. The topological polar surface area (TPSA) is 104 Å². The normalized spacial score (nSPS) is 14.8. The summed E-state index contributed by atoms with van der Waals surface area (Å²) in [7, 11) is -2.44. The SMILES string of the molecule is CSCCC(NS(=O)(=O)c1ccc2c3c(cccc13)C(=O)N2C)C(=O)O. The van der Waals surface area contributed by atoms with Crippen molar-refractivity contribution < 1.29 is 23.1 Å². The number of hydrogen-bond donors (Lipinski definition) is 2. The van der Waals surface area contributed by atoms with E-state index in [1.165, 1.54) is 22.7 Å². The lowest BCUT2D eigenvalue weighted by Gasteiger charge is -2.16. The molecule has 0 saturated heterocycles. The molecule has 1 atom stereocenters. The number of carboxylic acids is 1. The van der Waals surface area contributed by atoms with Gasteiger partial charge in [-0.1, -0.05) is 12.1 Å². The highest BCUT2D eigenvalue weighted by atomic mass is 32.2. The van der Waals surface area contributed by atoms with Crippen LogP contribution in [0.5, 0.6) is 0 Å². The Hall–Kier alpha value is -2.10. The molecule has 7 nitrogen and oxygen atoms in total. The maximum atomic E-state index is 12.9. The standard InChI is InChI=1S/C17H18N2O5S2/c1-19-13-6-7-14(10-4-3-5-11(15(10)13)16(19)20)26(23,24)18-12(17(21)22)8-9-25-2/h3-7,12,18H,8-9H2,1-2H3,(H,21,22). The summed E-state index contributed by atoms with van der Waals surface area (Å²) in [6.45, 7) is 0. The largest absolute Gasteiger partial charge is 0.480 e. The number of thioether (sulfide) groups is 1. The van der Waals surface area contributed by atoms with Crippen molar-refractivity contribution in [1.82, 2.24) is 4.72 Å². The molecule has 2 aromatic rings. The van der Waals surface area contributed by atoms with Crippen LogP contribution < -0.4 is 9.62 Å². The van der Waals surface area contributed by atoms with Gasteiger partial charge in [-0.05, 0) is 36.6 Å². The monoisotopic (exact) mass is 394 g/mol. The predicted molar refractivity (Wildman–Crippen MR) is 101 cm³/mol. The molecular formula is C17H18N2O5S2. The minimum absolute atomic E-state index is 0.0309. The molecule has 26 heavy (non-hydrogen) atoms. The number of sulfonamides is 1. The Bertz CT molecular complexity index is 1000. The highest BCUT2D eigenvalue weighted by Crippen LogP contribution is 2.39. The molecule has 0 radical (unpaired) electrons. The van der Waals surface area contributed by atoms with Gasteiger partial charge in [0, 0.05) is 23.4 Å². The Morgan fingerprint density at radius 3 is 2.69 bits per heavy atom. The molecule has 0 bridgehead atoms. The van der Waals surface area contributed by atoms with E-state index in [2.05, 4.69) is 4.72 Å².